The van der Waals surface area contributed by atoms with E-state index < -0.39 is 7.14 Å². The Balaban J connectivity index is 1.66. The van der Waals surface area contributed by atoms with E-state index in [1.165, 1.54) is 0 Å². The van der Waals surface area contributed by atoms with Crippen molar-refractivity contribution >= 4 is 35.1 Å². The summed E-state index contributed by atoms with van der Waals surface area (Å²) in [5, 5.41) is 23.2. The van der Waals surface area contributed by atoms with Crippen molar-refractivity contribution in [2.45, 2.75) is 40.7 Å². The van der Waals surface area contributed by atoms with Gasteiger partial charge in [-0.05, 0) is 44.0 Å². The van der Waals surface area contributed by atoms with Crippen molar-refractivity contribution < 1.29 is 9.36 Å². The summed E-state index contributed by atoms with van der Waals surface area (Å²) in [7, 11) is -2.74. The molecule has 9 heteroatoms. The zero-order valence-electron chi connectivity index (χ0n) is 20.9. The van der Waals surface area contributed by atoms with Gasteiger partial charge < -0.3 is 14.8 Å². The molecule has 0 bridgehead atoms. The second kappa shape index (κ2) is 9.75. The van der Waals surface area contributed by atoms with Crippen LogP contribution in [0.4, 0.5) is 5.82 Å². The molecule has 182 valence electrons. The van der Waals surface area contributed by atoms with Crippen molar-refractivity contribution in [1.82, 2.24) is 20.1 Å². The number of amides is 1. The Morgan fingerprint density at radius 2 is 1.86 bits per heavy atom. The van der Waals surface area contributed by atoms with E-state index >= 15 is 0 Å². The molecule has 1 aliphatic rings. The summed E-state index contributed by atoms with van der Waals surface area (Å²) in [4.78, 5) is 18.8. The Kier molecular flexibility index (Phi) is 6.91. The molecule has 0 spiro atoms. The minimum Gasteiger partial charge on any atom is -0.362 e. The van der Waals surface area contributed by atoms with Gasteiger partial charge in [0.2, 0.25) is 5.91 Å². The number of aromatic nitrogens is 3. The number of hydrogen-bond acceptors (Lipinski definition) is 7. The van der Waals surface area contributed by atoms with Crippen LogP contribution in [0.15, 0.2) is 30.5 Å². The fourth-order valence-corrected chi connectivity index (χ4v) is 7.06. The number of carbonyl (C=O) groups excluding carboxylic acids is 1. The molecule has 1 saturated heterocycles. The molecule has 2 aromatic heterocycles. The van der Waals surface area contributed by atoms with E-state index in [1.54, 1.807) is 6.20 Å². The number of pyridine rings is 1. The van der Waals surface area contributed by atoms with Gasteiger partial charge in [-0.3, -0.25) is 9.78 Å². The van der Waals surface area contributed by atoms with Crippen LogP contribution in [0.2, 0.25) is 0 Å². The van der Waals surface area contributed by atoms with E-state index in [-0.39, 0.29) is 17.9 Å². The number of benzene rings is 1. The highest BCUT2D eigenvalue weighted by atomic mass is 31.2. The van der Waals surface area contributed by atoms with Crippen LogP contribution in [-0.2, 0) is 9.36 Å². The minimum atomic E-state index is -2.74. The second-order valence-electron chi connectivity index (χ2n) is 9.54. The molecule has 3 heterocycles. The van der Waals surface area contributed by atoms with Gasteiger partial charge in [0, 0.05) is 48.3 Å². The zero-order chi connectivity index (χ0) is 25.3. The summed E-state index contributed by atoms with van der Waals surface area (Å²) in [6.45, 7) is 10.6. The lowest BCUT2D eigenvalue weighted by atomic mass is 9.98. The summed E-state index contributed by atoms with van der Waals surface area (Å²) in [6.07, 6.45) is 2.60. The van der Waals surface area contributed by atoms with Gasteiger partial charge in [0.15, 0.2) is 5.82 Å². The monoisotopic (exact) mass is 490 g/mol. The summed E-state index contributed by atoms with van der Waals surface area (Å²) in [5.74, 6) is 0.620. The Morgan fingerprint density at radius 1 is 1.14 bits per heavy atom. The number of hydrogen-bond donors (Lipinski definition) is 1. The maximum atomic E-state index is 13.9. The quantitative estimate of drug-likeness (QED) is 0.534. The van der Waals surface area contributed by atoms with Crippen molar-refractivity contribution in [1.29, 1.82) is 5.26 Å². The predicted molar refractivity (Wildman–Crippen MR) is 138 cm³/mol. The lowest BCUT2D eigenvalue weighted by Crippen LogP contribution is -2.43. The zero-order valence-corrected chi connectivity index (χ0v) is 21.8. The highest BCUT2D eigenvalue weighted by Gasteiger charge is 2.34. The van der Waals surface area contributed by atoms with Crippen LogP contribution in [0.5, 0.6) is 0 Å². The average molecular weight is 491 g/mol. The molecule has 1 fully saturated rings. The van der Waals surface area contributed by atoms with Gasteiger partial charge in [-0.1, -0.05) is 26.0 Å². The van der Waals surface area contributed by atoms with Gasteiger partial charge >= 0.3 is 0 Å². The molecule has 1 aromatic carbocycles. The van der Waals surface area contributed by atoms with Crippen LogP contribution in [0.3, 0.4) is 0 Å². The van der Waals surface area contributed by atoms with Crippen molar-refractivity contribution in [3.05, 3.63) is 52.8 Å². The topological polar surface area (TPSA) is 112 Å². The Labute approximate surface area is 206 Å². The molecule has 1 N–H and O–H groups in total. The van der Waals surface area contributed by atoms with E-state index in [0.717, 1.165) is 27.6 Å². The third-order valence-electron chi connectivity index (χ3n) is 6.84. The van der Waals surface area contributed by atoms with Crippen LogP contribution in [-0.4, -0.2) is 51.4 Å². The SMILES string of the molecule is Cc1c(C#N)cccc1[C@@H](C)Nc1nnc(C)c2cnc(P3(=O)CCN(C(=O)C(C)C)CC3)cc12. The van der Waals surface area contributed by atoms with E-state index in [1.807, 2.05) is 63.8 Å². The van der Waals surface area contributed by atoms with Gasteiger partial charge in [0.05, 0.1) is 23.4 Å². The maximum Gasteiger partial charge on any atom is 0.225 e. The summed E-state index contributed by atoms with van der Waals surface area (Å²) < 4.78 is 13.9. The minimum absolute atomic E-state index is 0.0686. The molecule has 8 nitrogen and oxygen atoms in total. The third-order valence-corrected chi connectivity index (χ3v) is 9.76. The molecular formula is C26H31N6O2P. The lowest BCUT2D eigenvalue weighted by Gasteiger charge is -2.33. The first kappa shape index (κ1) is 24.8. The van der Waals surface area contributed by atoms with Crippen LogP contribution < -0.4 is 10.8 Å². The van der Waals surface area contributed by atoms with Crippen molar-refractivity contribution in [3.8, 4) is 6.07 Å². The highest BCUT2D eigenvalue weighted by Crippen LogP contribution is 2.46. The van der Waals surface area contributed by atoms with Crippen LogP contribution in [0.1, 0.15) is 49.2 Å². The van der Waals surface area contributed by atoms with E-state index in [0.29, 0.717) is 42.2 Å². The number of aryl methyl sites for hydroxylation is 1. The first-order valence-corrected chi connectivity index (χ1v) is 14.0. The number of rotatable bonds is 5. The molecule has 3 aromatic rings. The molecular weight excluding hydrogens is 459 g/mol. The number of anilines is 1. The fourth-order valence-electron chi connectivity index (χ4n) is 4.62. The molecule has 0 radical (unpaired) electrons. The van der Waals surface area contributed by atoms with Gasteiger partial charge in [0.25, 0.3) is 0 Å². The predicted octanol–water partition coefficient (Wildman–Crippen LogP) is 4.17. The Hall–Kier alpha value is -3.30. The number of nitrogens with one attached hydrogen (secondary N) is 1. The smallest absolute Gasteiger partial charge is 0.225 e. The molecule has 0 unspecified atom stereocenters. The molecule has 1 atom stereocenters. The lowest BCUT2D eigenvalue weighted by molar-refractivity contribution is -0.134. The standard InChI is InChI=1S/C26H31N6O2P/c1-16(2)26(33)32-9-11-35(34,12-10-32)24-13-22-23(15-28-24)19(5)30-31-25(22)29-18(4)21-8-6-7-20(14-27)17(21)3/h6-8,13,15-16,18H,9-12H2,1-5H3,(H,29,31)/t18-/m1/s1. The largest absolute Gasteiger partial charge is 0.362 e. The van der Waals surface area contributed by atoms with Gasteiger partial charge in [0.1, 0.15) is 12.6 Å². The van der Waals surface area contributed by atoms with E-state index in [2.05, 4.69) is 26.6 Å². The van der Waals surface area contributed by atoms with Crippen LogP contribution in [0.25, 0.3) is 10.8 Å². The first-order valence-electron chi connectivity index (χ1n) is 11.9. The molecule has 0 aliphatic carbocycles. The van der Waals surface area contributed by atoms with Crippen LogP contribution >= 0.6 is 7.14 Å². The van der Waals surface area contributed by atoms with Gasteiger partial charge in [-0.2, -0.15) is 10.4 Å². The van der Waals surface area contributed by atoms with Crippen molar-refractivity contribution in [2.24, 2.45) is 5.92 Å². The molecule has 1 amide bonds. The van der Waals surface area contributed by atoms with E-state index in [4.69, 9.17) is 0 Å². The number of nitrogens with zero attached hydrogens (tertiary/aromatic N) is 5. The Bertz CT molecular complexity index is 1370. The fraction of sp³-hybridized carbons (Fsp3) is 0.423. The number of fused-ring (bicyclic) bond motifs is 1. The van der Waals surface area contributed by atoms with Gasteiger partial charge in [-0.15, -0.1) is 5.10 Å². The molecule has 35 heavy (non-hydrogen) atoms. The molecule has 0 saturated carbocycles. The summed E-state index contributed by atoms with van der Waals surface area (Å²) in [5.41, 5.74) is 3.89. The van der Waals surface area contributed by atoms with Crippen molar-refractivity contribution in [2.75, 3.05) is 30.7 Å². The molecule has 4 rings (SSSR count). The van der Waals surface area contributed by atoms with E-state index in [9.17, 15) is 14.6 Å². The first-order chi connectivity index (χ1) is 16.6. The Morgan fingerprint density at radius 3 is 2.51 bits per heavy atom. The third kappa shape index (κ3) is 4.78. The number of carbonyl (C=O) groups is 1. The number of nitriles is 1. The van der Waals surface area contributed by atoms with Crippen LogP contribution in [0, 0.1) is 31.1 Å². The van der Waals surface area contributed by atoms with Crippen molar-refractivity contribution in [3.63, 3.8) is 0 Å². The average Bonchev–Trinajstić information content (AvgIpc) is 2.85. The summed E-state index contributed by atoms with van der Waals surface area (Å²) >= 11 is 0. The second-order valence-corrected chi connectivity index (χ2v) is 12.7. The highest BCUT2D eigenvalue weighted by molar-refractivity contribution is 7.71. The normalized spacial score (nSPS) is 16.2. The maximum absolute atomic E-state index is 13.9. The molecule has 1 aliphatic heterocycles. The van der Waals surface area contributed by atoms with Gasteiger partial charge in [-0.25, -0.2) is 0 Å². The summed E-state index contributed by atoms with van der Waals surface area (Å²) in [6, 6.07) is 9.67.